The summed E-state index contributed by atoms with van der Waals surface area (Å²) in [6, 6.07) is 3.77. The molecular formula is C10H12N2O2. The standard InChI is InChI=1S/C10H12N2O2/c13-9-8-2-1-3-12(8)5-10(4-11-9)6-14-7-10/h1-3H,4-7H2,(H,11,13). The number of amides is 1. The predicted molar refractivity (Wildman–Crippen MR) is 50.0 cm³/mol. The van der Waals surface area contributed by atoms with Gasteiger partial charge in [0.2, 0.25) is 0 Å². The van der Waals surface area contributed by atoms with Crippen LogP contribution in [0.25, 0.3) is 0 Å². The predicted octanol–water partition coefficient (Wildman–Crippen LogP) is 0.248. The molecule has 74 valence electrons. The molecule has 0 aromatic carbocycles. The van der Waals surface area contributed by atoms with E-state index in [1.54, 1.807) is 0 Å². The van der Waals surface area contributed by atoms with Crippen LogP contribution in [0.1, 0.15) is 10.5 Å². The molecule has 0 unspecified atom stereocenters. The Morgan fingerprint density at radius 3 is 3.07 bits per heavy atom. The number of aromatic nitrogens is 1. The molecule has 3 heterocycles. The lowest BCUT2D eigenvalue weighted by Crippen LogP contribution is -2.51. The van der Waals surface area contributed by atoms with Crippen LogP contribution in [0.3, 0.4) is 0 Å². The largest absolute Gasteiger partial charge is 0.380 e. The number of nitrogens with zero attached hydrogens (tertiary/aromatic N) is 1. The maximum absolute atomic E-state index is 11.6. The Hall–Kier alpha value is -1.29. The second-order valence-electron chi connectivity index (χ2n) is 4.20. The molecule has 1 aromatic heterocycles. The highest BCUT2D eigenvalue weighted by molar-refractivity contribution is 5.93. The van der Waals surface area contributed by atoms with Gasteiger partial charge in [-0.05, 0) is 12.1 Å². The normalized spacial score (nSPS) is 23.6. The van der Waals surface area contributed by atoms with Gasteiger partial charge in [-0.2, -0.15) is 0 Å². The van der Waals surface area contributed by atoms with E-state index in [-0.39, 0.29) is 11.3 Å². The molecule has 0 aliphatic carbocycles. The zero-order chi connectivity index (χ0) is 9.60. The van der Waals surface area contributed by atoms with Crippen LogP contribution in [-0.2, 0) is 11.3 Å². The Morgan fingerprint density at radius 2 is 2.36 bits per heavy atom. The topological polar surface area (TPSA) is 43.3 Å². The maximum atomic E-state index is 11.6. The van der Waals surface area contributed by atoms with Gasteiger partial charge in [-0.15, -0.1) is 0 Å². The van der Waals surface area contributed by atoms with Crippen LogP contribution in [0.15, 0.2) is 18.3 Å². The van der Waals surface area contributed by atoms with Crippen LogP contribution >= 0.6 is 0 Å². The summed E-state index contributed by atoms with van der Waals surface area (Å²) in [7, 11) is 0. The Kier molecular flexibility index (Phi) is 1.50. The molecule has 4 heteroatoms. The number of carbonyl (C=O) groups excluding carboxylic acids is 1. The van der Waals surface area contributed by atoms with Gasteiger partial charge in [0, 0.05) is 19.3 Å². The van der Waals surface area contributed by atoms with Gasteiger partial charge in [0.15, 0.2) is 0 Å². The third-order valence-electron chi connectivity index (χ3n) is 3.01. The number of rotatable bonds is 0. The van der Waals surface area contributed by atoms with Crippen molar-refractivity contribution < 1.29 is 9.53 Å². The monoisotopic (exact) mass is 192 g/mol. The first-order valence-corrected chi connectivity index (χ1v) is 4.80. The lowest BCUT2D eigenvalue weighted by atomic mass is 9.86. The number of carbonyl (C=O) groups is 1. The van der Waals surface area contributed by atoms with Crippen LogP contribution in [0, 0.1) is 5.41 Å². The fourth-order valence-corrected chi connectivity index (χ4v) is 2.12. The second-order valence-corrected chi connectivity index (χ2v) is 4.20. The summed E-state index contributed by atoms with van der Waals surface area (Å²) in [6.45, 7) is 3.12. The lowest BCUT2D eigenvalue weighted by molar-refractivity contribution is -0.117. The van der Waals surface area contributed by atoms with Crippen LogP contribution in [-0.4, -0.2) is 30.2 Å². The van der Waals surface area contributed by atoms with E-state index in [1.807, 2.05) is 22.9 Å². The van der Waals surface area contributed by atoms with Crippen molar-refractivity contribution in [3.8, 4) is 0 Å². The fourth-order valence-electron chi connectivity index (χ4n) is 2.12. The summed E-state index contributed by atoms with van der Waals surface area (Å²) < 4.78 is 7.25. The van der Waals surface area contributed by atoms with Crippen LogP contribution in [0.4, 0.5) is 0 Å². The molecule has 1 spiro atoms. The van der Waals surface area contributed by atoms with Crippen molar-refractivity contribution >= 4 is 5.91 Å². The summed E-state index contributed by atoms with van der Waals surface area (Å²) >= 11 is 0. The molecule has 2 aliphatic rings. The lowest BCUT2D eigenvalue weighted by Gasteiger charge is -2.40. The van der Waals surface area contributed by atoms with Crippen molar-refractivity contribution in [3.05, 3.63) is 24.0 Å². The van der Waals surface area contributed by atoms with Crippen LogP contribution < -0.4 is 5.32 Å². The van der Waals surface area contributed by atoms with Crippen molar-refractivity contribution in [2.24, 2.45) is 5.41 Å². The maximum Gasteiger partial charge on any atom is 0.267 e. The minimum absolute atomic E-state index is 0.0266. The molecule has 3 rings (SSSR count). The quantitative estimate of drug-likeness (QED) is 0.640. The number of hydrogen-bond acceptors (Lipinski definition) is 2. The molecule has 0 bridgehead atoms. The Morgan fingerprint density at radius 1 is 1.50 bits per heavy atom. The van der Waals surface area contributed by atoms with Gasteiger partial charge < -0.3 is 14.6 Å². The van der Waals surface area contributed by atoms with Gasteiger partial charge in [-0.3, -0.25) is 4.79 Å². The molecule has 0 atom stereocenters. The zero-order valence-corrected chi connectivity index (χ0v) is 7.82. The van der Waals surface area contributed by atoms with Crippen molar-refractivity contribution in [2.45, 2.75) is 6.54 Å². The van der Waals surface area contributed by atoms with E-state index in [9.17, 15) is 4.79 Å². The van der Waals surface area contributed by atoms with Crippen molar-refractivity contribution in [3.63, 3.8) is 0 Å². The van der Waals surface area contributed by atoms with E-state index < -0.39 is 0 Å². The molecule has 1 saturated heterocycles. The highest BCUT2D eigenvalue weighted by atomic mass is 16.5. The van der Waals surface area contributed by atoms with Crippen LogP contribution in [0.5, 0.6) is 0 Å². The zero-order valence-electron chi connectivity index (χ0n) is 7.82. The smallest absolute Gasteiger partial charge is 0.267 e. The van der Waals surface area contributed by atoms with E-state index in [1.165, 1.54) is 0 Å². The Bertz CT molecular complexity index is 379. The van der Waals surface area contributed by atoms with Crippen molar-refractivity contribution in [1.82, 2.24) is 9.88 Å². The molecule has 4 nitrogen and oxygen atoms in total. The van der Waals surface area contributed by atoms with Gasteiger partial charge in [-0.1, -0.05) is 0 Å². The summed E-state index contributed by atoms with van der Waals surface area (Å²) in [5.74, 6) is 0.0266. The molecule has 2 aliphatic heterocycles. The van der Waals surface area contributed by atoms with E-state index in [2.05, 4.69) is 5.32 Å². The van der Waals surface area contributed by atoms with E-state index >= 15 is 0 Å². The number of nitrogens with one attached hydrogen (secondary N) is 1. The SMILES string of the molecule is O=C1NCC2(COC2)Cn2cccc21. The Balaban J connectivity index is 1.99. The van der Waals surface area contributed by atoms with E-state index in [0.29, 0.717) is 0 Å². The Labute approximate surface area is 81.9 Å². The molecule has 1 fully saturated rings. The van der Waals surface area contributed by atoms with Crippen LogP contribution in [0.2, 0.25) is 0 Å². The number of ether oxygens (including phenoxy) is 1. The first-order valence-electron chi connectivity index (χ1n) is 4.80. The third kappa shape index (κ3) is 1.00. The molecular weight excluding hydrogens is 180 g/mol. The first kappa shape index (κ1) is 8.05. The average Bonchev–Trinajstić information content (AvgIpc) is 2.51. The molecule has 1 N–H and O–H groups in total. The minimum Gasteiger partial charge on any atom is -0.380 e. The van der Waals surface area contributed by atoms with Gasteiger partial charge in [-0.25, -0.2) is 0 Å². The summed E-state index contributed by atoms with van der Waals surface area (Å²) in [6.07, 6.45) is 1.96. The summed E-state index contributed by atoms with van der Waals surface area (Å²) in [5.41, 5.74) is 0.897. The molecule has 1 aromatic rings. The third-order valence-corrected chi connectivity index (χ3v) is 3.01. The highest BCUT2D eigenvalue weighted by Gasteiger charge is 2.41. The van der Waals surface area contributed by atoms with Gasteiger partial charge in [0.25, 0.3) is 5.91 Å². The van der Waals surface area contributed by atoms with E-state index in [0.717, 1.165) is 32.0 Å². The molecule has 14 heavy (non-hydrogen) atoms. The molecule has 1 amide bonds. The van der Waals surface area contributed by atoms with E-state index in [4.69, 9.17) is 4.74 Å². The second kappa shape index (κ2) is 2.60. The summed E-state index contributed by atoms with van der Waals surface area (Å²) in [5, 5.41) is 2.94. The minimum atomic E-state index is 0.0266. The average molecular weight is 192 g/mol. The van der Waals surface area contributed by atoms with Gasteiger partial charge in [0.05, 0.1) is 18.6 Å². The summed E-state index contributed by atoms with van der Waals surface area (Å²) in [4.78, 5) is 11.6. The fraction of sp³-hybridized carbons (Fsp3) is 0.500. The number of hydrogen-bond donors (Lipinski definition) is 1. The number of fused-ring (bicyclic) bond motifs is 1. The first-order chi connectivity index (χ1) is 6.79. The highest BCUT2D eigenvalue weighted by Crippen LogP contribution is 2.31. The molecule has 0 saturated carbocycles. The van der Waals surface area contributed by atoms with Gasteiger partial charge >= 0.3 is 0 Å². The molecule has 0 radical (unpaired) electrons. The van der Waals surface area contributed by atoms with Gasteiger partial charge in [0.1, 0.15) is 5.69 Å². The van der Waals surface area contributed by atoms with Crippen molar-refractivity contribution in [1.29, 1.82) is 0 Å². The van der Waals surface area contributed by atoms with Crippen molar-refractivity contribution in [2.75, 3.05) is 19.8 Å².